The van der Waals surface area contributed by atoms with Gasteiger partial charge in [-0.15, -0.1) is 0 Å². The fourth-order valence-corrected chi connectivity index (χ4v) is 7.48. The van der Waals surface area contributed by atoms with E-state index in [0.717, 1.165) is 83.2 Å². The summed E-state index contributed by atoms with van der Waals surface area (Å²) < 4.78 is 19.1. The molecule has 0 spiro atoms. The van der Waals surface area contributed by atoms with Crippen molar-refractivity contribution in [3.05, 3.63) is 170 Å². The number of fused-ring (bicyclic) bond motifs is 9. The smallest absolute Gasteiger partial charge is 0.230 e. The minimum absolute atomic E-state index is 0.503. The Hall–Kier alpha value is -7.38. The van der Waals surface area contributed by atoms with Gasteiger partial charge in [0.2, 0.25) is 5.71 Å². The van der Waals surface area contributed by atoms with Gasteiger partial charge in [-0.1, -0.05) is 72.8 Å². The van der Waals surface area contributed by atoms with Crippen molar-refractivity contribution in [3.63, 3.8) is 0 Å². The third kappa shape index (κ3) is 4.75. The lowest BCUT2D eigenvalue weighted by molar-refractivity contribution is 0.653. The van der Waals surface area contributed by atoms with Crippen LogP contribution in [-0.4, -0.2) is 9.97 Å². The molecule has 53 heavy (non-hydrogen) atoms. The molecule has 7 nitrogen and oxygen atoms in total. The first-order chi connectivity index (χ1) is 26.2. The minimum Gasteiger partial charge on any atom is -0.456 e. The molecule has 0 unspecified atom stereocenters. The van der Waals surface area contributed by atoms with Crippen LogP contribution >= 0.6 is 0 Å². The van der Waals surface area contributed by atoms with Crippen LogP contribution in [0.4, 0.5) is 34.3 Å². The number of aromatic nitrogens is 2. The molecule has 11 rings (SSSR count). The highest BCUT2D eigenvalue weighted by Crippen LogP contribution is 2.42. The van der Waals surface area contributed by atoms with E-state index in [4.69, 9.17) is 23.2 Å². The maximum Gasteiger partial charge on any atom is 0.230 e. The summed E-state index contributed by atoms with van der Waals surface area (Å²) in [5, 5.41) is 5.17. The molecule has 0 bridgehead atoms. The van der Waals surface area contributed by atoms with Crippen molar-refractivity contribution < 1.29 is 13.3 Å². The van der Waals surface area contributed by atoms with Crippen molar-refractivity contribution in [2.45, 2.75) is 0 Å². The molecule has 0 aliphatic heterocycles. The highest BCUT2D eigenvalue weighted by Gasteiger charge is 2.21. The Bertz CT molecular complexity index is 2930. The first kappa shape index (κ1) is 29.4. The maximum atomic E-state index is 6.53. The van der Waals surface area contributed by atoms with Crippen LogP contribution < -0.4 is 9.80 Å². The Morgan fingerprint density at radius 3 is 1.51 bits per heavy atom. The highest BCUT2D eigenvalue weighted by molar-refractivity contribution is 6.08. The predicted octanol–water partition coefficient (Wildman–Crippen LogP) is 13.1. The molecule has 0 fully saturated rings. The SMILES string of the molecule is c1ccc(N(c2ccc3c(c2)oc2ccccc23)c2cnc3c(c2)oc2nc(N(c4ccccc4)c4ccc5c(c4)oc4ccccc45)ccc23)cc1. The van der Waals surface area contributed by atoms with E-state index >= 15 is 0 Å². The van der Waals surface area contributed by atoms with Gasteiger partial charge in [-0.3, -0.25) is 4.90 Å². The predicted molar refractivity (Wildman–Crippen MR) is 213 cm³/mol. The highest BCUT2D eigenvalue weighted by atomic mass is 16.3. The molecule has 6 aromatic carbocycles. The lowest BCUT2D eigenvalue weighted by atomic mass is 10.1. The van der Waals surface area contributed by atoms with Crippen molar-refractivity contribution in [3.8, 4) is 0 Å². The van der Waals surface area contributed by atoms with Crippen LogP contribution in [0.1, 0.15) is 0 Å². The molecule has 5 heterocycles. The Morgan fingerprint density at radius 1 is 0.358 bits per heavy atom. The molecule has 0 N–H and O–H groups in total. The van der Waals surface area contributed by atoms with Gasteiger partial charge < -0.3 is 18.2 Å². The van der Waals surface area contributed by atoms with Crippen molar-refractivity contribution in [2.75, 3.05) is 9.80 Å². The van der Waals surface area contributed by atoms with Gasteiger partial charge in [-0.25, -0.2) is 4.98 Å². The Labute approximate surface area is 302 Å². The summed E-state index contributed by atoms with van der Waals surface area (Å²) in [6.45, 7) is 0. The third-order valence-electron chi connectivity index (χ3n) is 9.90. The second-order valence-electron chi connectivity index (χ2n) is 13.1. The normalized spacial score (nSPS) is 11.8. The van der Waals surface area contributed by atoms with Crippen molar-refractivity contribution in [1.29, 1.82) is 0 Å². The minimum atomic E-state index is 0.503. The maximum absolute atomic E-state index is 6.53. The average molecular weight is 685 g/mol. The zero-order valence-electron chi connectivity index (χ0n) is 28.2. The van der Waals surface area contributed by atoms with Gasteiger partial charge in [0, 0.05) is 56.8 Å². The standard InChI is InChI=1S/C46H28N4O3/c1-3-11-29(12-4-1)49(31-19-21-36-34-15-7-9-17-39(34)51-41(36)25-31)33-27-43-45(47-28-33)38-23-24-44(48-46(38)53-43)50(30-13-5-2-6-14-30)32-20-22-37-35-16-8-10-18-40(35)52-42(37)26-32/h1-28H. The summed E-state index contributed by atoms with van der Waals surface area (Å²) in [6.07, 6.45) is 1.89. The molecule has 0 radical (unpaired) electrons. The second kappa shape index (κ2) is 11.6. The van der Waals surface area contributed by atoms with E-state index in [-0.39, 0.29) is 0 Å². The second-order valence-corrected chi connectivity index (χ2v) is 13.1. The van der Waals surface area contributed by atoms with Crippen LogP contribution in [0.3, 0.4) is 0 Å². The third-order valence-corrected chi connectivity index (χ3v) is 9.90. The van der Waals surface area contributed by atoms with Crippen LogP contribution in [0, 0.1) is 0 Å². The van der Waals surface area contributed by atoms with Gasteiger partial charge in [0.05, 0.1) is 23.0 Å². The lowest BCUT2D eigenvalue weighted by Gasteiger charge is -2.24. The summed E-state index contributed by atoms with van der Waals surface area (Å²) in [5.41, 5.74) is 9.92. The summed E-state index contributed by atoms with van der Waals surface area (Å²) in [4.78, 5) is 14.3. The molecular formula is C46H28N4O3. The van der Waals surface area contributed by atoms with Crippen LogP contribution in [0.25, 0.3) is 66.1 Å². The van der Waals surface area contributed by atoms with Gasteiger partial charge >= 0.3 is 0 Å². The fourth-order valence-electron chi connectivity index (χ4n) is 7.48. The van der Waals surface area contributed by atoms with Crippen LogP contribution in [0.15, 0.2) is 183 Å². The molecular weight excluding hydrogens is 657 g/mol. The van der Waals surface area contributed by atoms with E-state index in [2.05, 4.69) is 82.6 Å². The van der Waals surface area contributed by atoms with E-state index < -0.39 is 0 Å². The first-order valence-corrected chi connectivity index (χ1v) is 17.5. The van der Waals surface area contributed by atoms with Gasteiger partial charge in [0.1, 0.15) is 33.7 Å². The molecule has 0 amide bonds. The average Bonchev–Trinajstić information content (AvgIpc) is 3.89. The molecule has 0 saturated heterocycles. The van der Waals surface area contributed by atoms with Crippen LogP contribution in [-0.2, 0) is 0 Å². The van der Waals surface area contributed by atoms with Gasteiger partial charge in [-0.2, -0.15) is 4.98 Å². The quantitative estimate of drug-likeness (QED) is 0.173. The Morgan fingerprint density at radius 2 is 0.868 bits per heavy atom. The van der Waals surface area contributed by atoms with E-state index in [9.17, 15) is 0 Å². The number of anilines is 6. The number of hydrogen-bond acceptors (Lipinski definition) is 7. The number of hydrogen-bond donors (Lipinski definition) is 0. The number of benzene rings is 6. The van der Waals surface area contributed by atoms with Crippen molar-refractivity contribution in [1.82, 2.24) is 9.97 Å². The number of furan rings is 3. The van der Waals surface area contributed by atoms with Gasteiger partial charge in [-0.05, 0) is 72.8 Å². The summed E-state index contributed by atoms with van der Waals surface area (Å²) in [6, 6.07) is 55.4. The molecule has 7 heteroatoms. The Balaban J connectivity index is 1.03. The van der Waals surface area contributed by atoms with Crippen molar-refractivity contribution >= 4 is 100 Å². The van der Waals surface area contributed by atoms with Gasteiger partial charge in [0.25, 0.3) is 0 Å². The lowest BCUT2D eigenvalue weighted by Crippen LogP contribution is -2.11. The number of pyridine rings is 2. The van der Waals surface area contributed by atoms with Crippen LogP contribution in [0.2, 0.25) is 0 Å². The Kier molecular flexibility index (Phi) is 6.42. The molecule has 11 aromatic rings. The molecule has 0 saturated carbocycles. The van der Waals surface area contributed by atoms with E-state index in [1.54, 1.807) is 0 Å². The zero-order chi connectivity index (χ0) is 34.9. The number of para-hydroxylation sites is 4. The molecule has 0 aliphatic rings. The molecule has 0 atom stereocenters. The van der Waals surface area contributed by atoms with E-state index in [1.165, 1.54) is 0 Å². The monoisotopic (exact) mass is 684 g/mol. The van der Waals surface area contributed by atoms with Gasteiger partial charge in [0.15, 0.2) is 5.58 Å². The molecule has 250 valence electrons. The fraction of sp³-hybridized carbons (Fsp3) is 0. The van der Waals surface area contributed by atoms with E-state index in [1.807, 2.05) is 97.2 Å². The van der Waals surface area contributed by atoms with Crippen LogP contribution in [0.5, 0.6) is 0 Å². The number of nitrogens with zero attached hydrogens (tertiary/aromatic N) is 4. The topological polar surface area (TPSA) is 71.7 Å². The van der Waals surface area contributed by atoms with E-state index in [0.29, 0.717) is 17.1 Å². The summed E-state index contributed by atoms with van der Waals surface area (Å²) in [7, 11) is 0. The molecule has 5 aromatic heterocycles. The number of rotatable bonds is 6. The molecule has 0 aliphatic carbocycles. The largest absolute Gasteiger partial charge is 0.456 e. The first-order valence-electron chi connectivity index (χ1n) is 17.5. The summed E-state index contributed by atoms with van der Waals surface area (Å²) in [5.74, 6) is 0.712. The van der Waals surface area contributed by atoms with Crippen molar-refractivity contribution in [2.24, 2.45) is 0 Å². The zero-order valence-corrected chi connectivity index (χ0v) is 28.2. The summed E-state index contributed by atoms with van der Waals surface area (Å²) >= 11 is 0.